The lowest BCUT2D eigenvalue weighted by Crippen LogP contribution is -3.00. The molecule has 2 aromatic rings. The van der Waals surface area contributed by atoms with Crippen molar-refractivity contribution < 1.29 is 26.3 Å². The molecule has 0 unspecified atom stereocenters. The second kappa shape index (κ2) is 8.83. The van der Waals surface area contributed by atoms with E-state index in [4.69, 9.17) is 5.73 Å². The Balaban J connectivity index is 0.00000243. The number of nitrogens with zero attached hydrogens (tertiary/aromatic N) is 1. The van der Waals surface area contributed by atoms with Gasteiger partial charge in [-0.2, -0.15) is 0 Å². The maximum absolute atomic E-state index is 12.7. The summed E-state index contributed by atoms with van der Waals surface area (Å²) < 4.78 is 1.12. The van der Waals surface area contributed by atoms with Gasteiger partial charge >= 0.3 is 0 Å². The predicted octanol–water partition coefficient (Wildman–Crippen LogP) is 0.483. The van der Waals surface area contributed by atoms with E-state index in [-0.39, 0.29) is 22.9 Å². The Bertz CT molecular complexity index is 657. The first kappa shape index (κ1) is 20.7. The van der Waals surface area contributed by atoms with Gasteiger partial charge in [0.2, 0.25) is 5.91 Å². The average molecular weight is 417 g/mol. The molecule has 0 aliphatic carbocycles. The van der Waals surface area contributed by atoms with Gasteiger partial charge in [0.1, 0.15) is 0 Å². The quantitative estimate of drug-likeness (QED) is 0.655. The molecular weight excluding hydrogens is 388 g/mol. The van der Waals surface area contributed by atoms with E-state index < -0.39 is 5.41 Å². The summed E-state index contributed by atoms with van der Waals surface area (Å²) in [5.74, 6) is -0.256. The lowest BCUT2D eigenvalue weighted by atomic mass is 9.70. The van der Waals surface area contributed by atoms with Crippen LogP contribution in [0.3, 0.4) is 0 Å². The Morgan fingerprint density at radius 1 is 0.962 bits per heavy atom. The largest absolute Gasteiger partial charge is 1.00 e. The zero-order valence-corrected chi connectivity index (χ0v) is 17.1. The minimum Gasteiger partial charge on any atom is -1.00 e. The molecule has 1 fully saturated rings. The highest BCUT2D eigenvalue weighted by Crippen LogP contribution is 2.37. The van der Waals surface area contributed by atoms with E-state index >= 15 is 0 Å². The van der Waals surface area contributed by atoms with Crippen LogP contribution in [0, 0.1) is 0 Å². The monoisotopic (exact) mass is 416 g/mol. The van der Waals surface area contributed by atoms with Crippen LogP contribution in [-0.2, 0) is 10.2 Å². The fraction of sp³-hybridized carbons (Fsp3) is 0.409. The molecule has 140 valence electrons. The average Bonchev–Trinajstić information content (AvgIpc) is 3.07. The zero-order chi connectivity index (χ0) is 17.8. The highest BCUT2D eigenvalue weighted by Gasteiger charge is 2.40. The molecule has 2 aromatic carbocycles. The molecule has 1 saturated heterocycles. The van der Waals surface area contributed by atoms with Crippen molar-refractivity contribution in [1.82, 2.24) is 0 Å². The minimum absolute atomic E-state index is 0. The van der Waals surface area contributed by atoms with Crippen molar-refractivity contribution in [1.29, 1.82) is 0 Å². The van der Waals surface area contributed by atoms with Crippen LogP contribution in [0.25, 0.3) is 0 Å². The molecular formula is C22H29BrN2O. The lowest BCUT2D eigenvalue weighted by molar-refractivity contribution is -0.897. The number of primary amides is 1. The van der Waals surface area contributed by atoms with E-state index in [0.717, 1.165) is 35.0 Å². The van der Waals surface area contributed by atoms with Gasteiger partial charge < -0.3 is 27.2 Å². The molecule has 0 spiro atoms. The topological polar surface area (TPSA) is 43.1 Å². The van der Waals surface area contributed by atoms with Crippen molar-refractivity contribution >= 4 is 5.91 Å². The molecule has 1 aliphatic heterocycles. The fourth-order valence-electron chi connectivity index (χ4n) is 4.36. The first-order valence-electron chi connectivity index (χ1n) is 9.31. The van der Waals surface area contributed by atoms with Gasteiger partial charge in [-0.25, -0.2) is 0 Å². The molecule has 0 radical (unpaired) electrons. The summed E-state index contributed by atoms with van der Waals surface area (Å²) in [5.41, 5.74) is 7.27. The van der Waals surface area contributed by atoms with Gasteiger partial charge in [-0.05, 0) is 24.0 Å². The Morgan fingerprint density at radius 2 is 1.42 bits per heavy atom. The van der Waals surface area contributed by atoms with Crippen molar-refractivity contribution in [2.45, 2.75) is 31.1 Å². The van der Waals surface area contributed by atoms with Gasteiger partial charge in [0.05, 0.1) is 32.1 Å². The first-order chi connectivity index (χ1) is 12.1. The van der Waals surface area contributed by atoms with Crippen molar-refractivity contribution in [3.8, 4) is 0 Å². The van der Waals surface area contributed by atoms with Crippen molar-refractivity contribution in [3.05, 3.63) is 71.8 Å². The van der Waals surface area contributed by atoms with Gasteiger partial charge in [0, 0.05) is 12.8 Å². The third-order valence-electron chi connectivity index (χ3n) is 5.85. The Labute approximate surface area is 167 Å². The number of halogens is 1. The van der Waals surface area contributed by atoms with Crippen LogP contribution in [0.4, 0.5) is 0 Å². The van der Waals surface area contributed by atoms with E-state index in [1.54, 1.807) is 0 Å². The predicted molar refractivity (Wildman–Crippen MR) is 102 cm³/mol. The van der Waals surface area contributed by atoms with Crippen LogP contribution in [0.2, 0.25) is 0 Å². The lowest BCUT2D eigenvalue weighted by Gasteiger charge is -2.34. The number of hydrogen-bond donors (Lipinski definition) is 1. The third-order valence-corrected chi connectivity index (χ3v) is 5.85. The van der Waals surface area contributed by atoms with Gasteiger partial charge in [0.15, 0.2) is 0 Å². The van der Waals surface area contributed by atoms with E-state index in [1.807, 2.05) is 60.7 Å². The molecule has 0 aromatic heterocycles. The number of rotatable bonds is 7. The molecule has 3 rings (SSSR count). The summed E-state index contributed by atoms with van der Waals surface area (Å²) in [7, 11) is 2.34. The standard InChI is InChI=1S/C22H28N2O.BrH/c1-24(16-8-9-17-24)18-10-15-22(21(23)25,19-11-4-2-5-12-19)20-13-6-3-7-14-20;/h2-7,11-14H,8-10,15-18H2,1H3,(H-,23,25);1H. The highest BCUT2D eigenvalue weighted by atomic mass is 79.9. The number of quaternary nitrogens is 1. The zero-order valence-electron chi connectivity index (χ0n) is 15.5. The molecule has 1 aliphatic rings. The van der Waals surface area contributed by atoms with Crippen molar-refractivity contribution in [2.24, 2.45) is 5.73 Å². The van der Waals surface area contributed by atoms with E-state index in [0.29, 0.717) is 0 Å². The van der Waals surface area contributed by atoms with Gasteiger partial charge in [-0.3, -0.25) is 4.79 Å². The van der Waals surface area contributed by atoms with Crippen molar-refractivity contribution in [3.63, 3.8) is 0 Å². The van der Waals surface area contributed by atoms with Crippen LogP contribution in [0.1, 0.15) is 36.8 Å². The molecule has 1 amide bonds. The molecule has 2 N–H and O–H groups in total. The van der Waals surface area contributed by atoms with Crippen LogP contribution in [0.15, 0.2) is 60.7 Å². The van der Waals surface area contributed by atoms with Crippen LogP contribution < -0.4 is 22.7 Å². The second-order valence-corrected chi connectivity index (χ2v) is 7.60. The molecule has 3 nitrogen and oxygen atoms in total. The number of likely N-dealkylation sites (tertiary alicyclic amines) is 1. The van der Waals surface area contributed by atoms with Crippen LogP contribution >= 0.6 is 0 Å². The smallest absolute Gasteiger partial charge is 0.232 e. The first-order valence-corrected chi connectivity index (χ1v) is 9.31. The summed E-state index contributed by atoms with van der Waals surface area (Å²) in [5, 5.41) is 0. The summed E-state index contributed by atoms with van der Waals surface area (Å²) in [4.78, 5) is 12.7. The fourth-order valence-corrected chi connectivity index (χ4v) is 4.36. The van der Waals surface area contributed by atoms with Crippen LogP contribution in [0.5, 0.6) is 0 Å². The van der Waals surface area contributed by atoms with Crippen LogP contribution in [-0.4, -0.2) is 37.1 Å². The summed E-state index contributed by atoms with van der Waals surface area (Å²) in [6.45, 7) is 3.61. The van der Waals surface area contributed by atoms with Crippen molar-refractivity contribution in [2.75, 3.05) is 26.7 Å². The third kappa shape index (κ3) is 4.18. The van der Waals surface area contributed by atoms with Gasteiger partial charge in [-0.15, -0.1) is 0 Å². The number of nitrogens with two attached hydrogens (primary N) is 1. The number of carbonyl (C=O) groups is 1. The summed E-state index contributed by atoms with van der Waals surface area (Å²) >= 11 is 0. The molecule has 1 heterocycles. The number of hydrogen-bond acceptors (Lipinski definition) is 1. The Morgan fingerprint density at radius 3 is 1.85 bits per heavy atom. The number of benzene rings is 2. The highest BCUT2D eigenvalue weighted by molar-refractivity contribution is 5.90. The summed E-state index contributed by atoms with van der Waals surface area (Å²) in [6.07, 6.45) is 4.37. The van der Waals surface area contributed by atoms with Gasteiger partial charge in [0.25, 0.3) is 0 Å². The van der Waals surface area contributed by atoms with E-state index in [2.05, 4.69) is 7.05 Å². The maximum atomic E-state index is 12.7. The molecule has 26 heavy (non-hydrogen) atoms. The molecule has 4 heteroatoms. The van der Waals surface area contributed by atoms with E-state index in [1.165, 1.54) is 25.9 Å². The molecule has 0 bridgehead atoms. The number of carbonyl (C=O) groups excluding carboxylic acids is 1. The minimum atomic E-state index is -0.749. The maximum Gasteiger partial charge on any atom is 0.232 e. The number of amides is 1. The summed E-state index contributed by atoms with van der Waals surface area (Å²) in [6, 6.07) is 20.1. The van der Waals surface area contributed by atoms with E-state index in [9.17, 15) is 4.79 Å². The second-order valence-electron chi connectivity index (χ2n) is 7.60. The van der Waals surface area contributed by atoms with Gasteiger partial charge in [-0.1, -0.05) is 60.7 Å². The molecule has 0 saturated carbocycles. The Kier molecular flexibility index (Phi) is 7.01. The SMILES string of the molecule is C[N+]1(CCCC(C(N)=O)(c2ccccc2)c2ccccc2)CCCC1.[Br-]. The molecule has 0 atom stereocenters. The normalized spacial score (nSPS) is 16.0. The Hall–Kier alpha value is -1.65.